The van der Waals surface area contributed by atoms with E-state index in [4.69, 9.17) is 16.3 Å². The van der Waals surface area contributed by atoms with Crippen LogP contribution in [0.2, 0.25) is 5.02 Å². The lowest BCUT2D eigenvalue weighted by molar-refractivity contribution is -0.113. The van der Waals surface area contributed by atoms with Crippen LogP contribution in [-0.2, 0) is 4.79 Å². The number of nitrogens with one attached hydrogen (secondary N) is 1. The highest BCUT2D eigenvalue weighted by molar-refractivity contribution is 6.31. The Kier molecular flexibility index (Phi) is 5.14. The molecule has 1 amide bonds. The van der Waals surface area contributed by atoms with Crippen LogP contribution in [0.1, 0.15) is 16.8 Å². The molecule has 26 heavy (non-hydrogen) atoms. The van der Waals surface area contributed by atoms with Crippen LogP contribution >= 0.6 is 11.6 Å². The van der Waals surface area contributed by atoms with E-state index in [0.29, 0.717) is 11.8 Å². The van der Waals surface area contributed by atoms with Crippen molar-refractivity contribution < 1.29 is 23.1 Å². The van der Waals surface area contributed by atoms with Crippen LogP contribution in [0.3, 0.4) is 0 Å². The summed E-state index contributed by atoms with van der Waals surface area (Å²) in [5.74, 6) is -2.59. The molecule has 4 nitrogen and oxygen atoms in total. The summed E-state index contributed by atoms with van der Waals surface area (Å²) >= 11 is 5.94. The number of benzene rings is 2. The highest BCUT2D eigenvalue weighted by Crippen LogP contribution is 2.30. The SMILES string of the molecule is O=C1C=C(NC(=O)c2cc(Cl)ccc2Oc2ccc(F)cc2F)C=CC1. The molecule has 0 spiro atoms. The van der Waals surface area contributed by atoms with Gasteiger partial charge < -0.3 is 10.1 Å². The van der Waals surface area contributed by atoms with E-state index >= 15 is 0 Å². The molecule has 0 bridgehead atoms. The molecule has 2 aromatic carbocycles. The third-order valence-corrected chi connectivity index (χ3v) is 3.73. The van der Waals surface area contributed by atoms with Crippen LogP contribution in [0.5, 0.6) is 11.5 Å². The van der Waals surface area contributed by atoms with Crippen molar-refractivity contribution in [1.29, 1.82) is 0 Å². The largest absolute Gasteiger partial charge is 0.453 e. The Labute approximate surface area is 152 Å². The van der Waals surface area contributed by atoms with Gasteiger partial charge in [-0.15, -0.1) is 0 Å². The fourth-order valence-electron chi connectivity index (χ4n) is 2.30. The lowest BCUT2D eigenvalue weighted by Gasteiger charge is -2.13. The summed E-state index contributed by atoms with van der Waals surface area (Å²) in [4.78, 5) is 24.0. The first-order chi connectivity index (χ1) is 12.4. The molecule has 2 aromatic rings. The standard InChI is InChI=1S/C19H12ClF2NO3/c20-11-4-6-17(26-18-7-5-12(21)9-16(18)22)15(8-11)19(25)23-13-2-1-3-14(24)10-13/h1-2,4-10H,3H2,(H,23,25). The number of allylic oxidation sites excluding steroid dienone is 3. The van der Waals surface area contributed by atoms with Gasteiger partial charge in [-0.3, -0.25) is 9.59 Å². The average Bonchev–Trinajstić information content (AvgIpc) is 2.58. The zero-order valence-corrected chi connectivity index (χ0v) is 14.0. The molecule has 3 rings (SSSR count). The maximum absolute atomic E-state index is 13.8. The van der Waals surface area contributed by atoms with Crippen molar-refractivity contribution in [2.75, 3.05) is 0 Å². The van der Waals surface area contributed by atoms with E-state index in [1.54, 1.807) is 12.2 Å². The molecule has 1 aliphatic rings. The summed E-state index contributed by atoms with van der Waals surface area (Å²) < 4.78 is 32.3. The van der Waals surface area contributed by atoms with Gasteiger partial charge in [0.05, 0.1) is 5.56 Å². The maximum atomic E-state index is 13.8. The van der Waals surface area contributed by atoms with Gasteiger partial charge in [-0.2, -0.15) is 0 Å². The van der Waals surface area contributed by atoms with Crippen LogP contribution in [-0.4, -0.2) is 11.7 Å². The number of carbonyl (C=O) groups is 2. The number of amides is 1. The molecule has 0 aromatic heterocycles. The van der Waals surface area contributed by atoms with E-state index in [1.165, 1.54) is 24.3 Å². The molecule has 1 aliphatic carbocycles. The second-order valence-electron chi connectivity index (χ2n) is 5.44. The van der Waals surface area contributed by atoms with E-state index < -0.39 is 17.5 Å². The summed E-state index contributed by atoms with van der Waals surface area (Å²) in [7, 11) is 0. The van der Waals surface area contributed by atoms with Crippen LogP contribution < -0.4 is 10.1 Å². The number of hydrogen-bond acceptors (Lipinski definition) is 3. The maximum Gasteiger partial charge on any atom is 0.259 e. The van der Waals surface area contributed by atoms with Gasteiger partial charge in [-0.25, -0.2) is 8.78 Å². The van der Waals surface area contributed by atoms with Crippen molar-refractivity contribution >= 4 is 23.3 Å². The van der Waals surface area contributed by atoms with E-state index in [2.05, 4.69) is 5.32 Å². The van der Waals surface area contributed by atoms with Gasteiger partial charge in [0, 0.05) is 29.3 Å². The molecule has 0 saturated heterocycles. The molecule has 0 fully saturated rings. The van der Waals surface area contributed by atoms with Crippen molar-refractivity contribution in [2.45, 2.75) is 6.42 Å². The summed E-state index contributed by atoms with van der Waals surface area (Å²) in [6, 6.07) is 7.05. The minimum Gasteiger partial charge on any atom is -0.453 e. The first-order valence-corrected chi connectivity index (χ1v) is 7.95. The van der Waals surface area contributed by atoms with Crippen molar-refractivity contribution in [3.63, 3.8) is 0 Å². The smallest absolute Gasteiger partial charge is 0.259 e. The number of halogens is 3. The molecule has 0 atom stereocenters. The van der Waals surface area contributed by atoms with E-state index in [0.717, 1.165) is 12.1 Å². The molecule has 0 aliphatic heterocycles. The summed E-state index contributed by atoms with van der Waals surface area (Å²) in [6.07, 6.45) is 4.81. The fourth-order valence-corrected chi connectivity index (χ4v) is 2.48. The highest BCUT2D eigenvalue weighted by atomic mass is 35.5. The Morgan fingerprint density at radius 3 is 2.62 bits per heavy atom. The summed E-state index contributed by atoms with van der Waals surface area (Å²) in [6.45, 7) is 0. The topological polar surface area (TPSA) is 55.4 Å². The molecule has 7 heteroatoms. The predicted octanol–water partition coefficient (Wildman–Crippen LogP) is 4.55. The highest BCUT2D eigenvalue weighted by Gasteiger charge is 2.17. The molecule has 0 saturated carbocycles. The second-order valence-corrected chi connectivity index (χ2v) is 5.88. The Bertz CT molecular complexity index is 954. The number of carbonyl (C=O) groups excluding carboxylic acids is 2. The molecular weight excluding hydrogens is 364 g/mol. The van der Waals surface area contributed by atoms with E-state index in [1.807, 2.05) is 0 Å². The molecule has 0 radical (unpaired) electrons. The third-order valence-electron chi connectivity index (χ3n) is 3.49. The minimum atomic E-state index is -0.908. The number of ketones is 1. The third kappa shape index (κ3) is 4.15. The summed E-state index contributed by atoms with van der Waals surface area (Å²) in [5.41, 5.74) is 0.360. The Hall–Kier alpha value is -2.99. The van der Waals surface area contributed by atoms with Crippen molar-refractivity contribution in [3.8, 4) is 11.5 Å². The first kappa shape index (κ1) is 17.8. The minimum absolute atomic E-state index is 0.0316. The lowest BCUT2D eigenvalue weighted by atomic mass is 10.1. The van der Waals surface area contributed by atoms with Crippen LogP contribution in [0.4, 0.5) is 8.78 Å². The van der Waals surface area contributed by atoms with E-state index in [-0.39, 0.29) is 34.3 Å². The van der Waals surface area contributed by atoms with Gasteiger partial charge in [0.15, 0.2) is 17.3 Å². The number of ether oxygens (including phenoxy) is 1. The van der Waals surface area contributed by atoms with E-state index in [9.17, 15) is 18.4 Å². The van der Waals surface area contributed by atoms with Crippen LogP contribution in [0.15, 0.2) is 60.3 Å². The first-order valence-electron chi connectivity index (χ1n) is 7.57. The number of rotatable bonds is 4. The Balaban J connectivity index is 1.89. The second kappa shape index (κ2) is 7.49. The monoisotopic (exact) mass is 375 g/mol. The average molecular weight is 376 g/mol. The zero-order valence-electron chi connectivity index (χ0n) is 13.3. The Morgan fingerprint density at radius 2 is 1.88 bits per heavy atom. The summed E-state index contributed by atoms with van der Waals surface area (Å²) in [5, 5.41) is 2.83. The van der Waals surface area contributed by atoms with Gasteiger partial charge in [0.25, 0.3) is 5.91 Å². The molecule has 132 valence electrons. The van der Waals surface area contributed by atoms with Crippen molar-refractivity contribution in [2.24, 2.45) is 0 Å². The van der Waals surface area contributed by atoms with Crippen LogP contribution in [0, 0.1) is 11.6 Å². The van der Waals surface area contributed by atoms with Crippen molar-refractivity contribution in [1.82, 2.24) is 5.32 Å². The molecule has 0 unspecified atom stereocenters. The van der Waals surface area contributed by atoms with Crippen LogP contribution in [0.25, 0.3) is 0 Å². The fraction of sp³-hybridized carbons (Fsp3) is 0.0526. The van der Waals surface area contributed by atoms with Gasteiger partial charge in [0.2, 0.25) is 0 Å². The molecular formula is C19H12ClF2NO3. The van der Waals surface area contributed by atoms with Gasteiger partial charge in [-0.05, 0) is 36.4 Å². The Morgan fingerprint density at radius 1 is 1.12 bits per heavy atom. The number of hydrogen-bond donors (Lipinski definition) is 1. The molecule has 0 heterocycles. The molecule has 1 N–H and O–H groups in total. The van der Waals surface area contributed by atoms with Gasteiger partial charge >= 0.3 is 0 Å². The lowest BCUT2D eigenvalue weighted by Crippen LogP contribution is -2.24. The predicted molar refractivity (Wildman–Crippen MR) is 92.2 cm³/mol. The van der Waals surface area contributed by atoms with Crippen molar-refractivity contribution in [3.05, 3.63) is 82.5 Å². The normalized spacial score (nSPS) is 13.3. The zero-order chi connectivity index (χ0) is 18.7. The van der Waals surface area contributed by atoms with Gasteiger partial charge in [-0.1, -0.05) is 17.7 Å². The van der Waals surface area contributed by atoms with Gasteiger partial charge in [0.1, 0.15) is 11.6 Å². The quantitative estimate of drug-likeness (QED) is 0.852.